The first-order valence-electron chi connectivity index (χ1n) is 4.89. The summed E-state index contributed by atoms with van der Waals surface area (Å²) in [7, 11) is 0. The van der Waals surface area contributed by atoms with Gasteiger partial charge < -0.3 is 4.74 Å². The van der Waals surface area contributed by atoms with E-state index in [0.717, 1.165) is 0 Å². The number of benzene rings is 1. The molecule has 1 atom stereocenters. The van der Waals surface area contributed by atoms with Gasteiger partial charge in [-0.2, -0.15) is 0 Å². The molecule has 0 heterocycles. The van der Waals surface area contributed by atoms with Crippen molar-refractivity contribution in [2.45, 2.75) is 13.8 Å². The van der Waals surface area contributed by atoms with Crippen LogP contribution in [0.5, 0.6) is 5.75 Å². The summed E-state index contributed by atoms with van der Waals surface area (Å²) >= 11 is 9.54. The highest BCUT2D eigenvalue weighted by molar-refractivity contribution is 7.80. The van der Waals surface area contributed by atoms with Crippen molar-refractivity contribution in [1.29, 1.82) is 0 Å². The van der Waals surface area contributed by atoms with E-state index < -0.39 is 17.2 Å². The lowest BCUT2D eigenvalue weighted by atomic mass is 10.2. The van der Waals surface area contributed by atoms with Crippen molar-refractivity contribution < 1.29 is 18.3 Å². The van der Waals surface area contributed by atoms with E-state index in [2.05, 4.69) is 4.72 Å². The topological polar surface area (TPSA) is 75.6 Å². The SMILES string of the molecule is CC(C)C(=O)Oc1c(Cl)cc(NS(=O)O)cc1Cl. The zero-order valence-electron chi connectivity index (χ0n) is 9.57. The van der Waals surface area contributed by atoms with Gasteiger partial charge in [0, 0.05) is 0 Å². The Morgan fingerprint density at radius 1 is 1.39 bits per heavy atom. The van der Waals surface area contributed by atoms with Crippen LogP contribution >= 0.6 is 23.2 Å². The Labute approximate surface area is 117 Å². The lowest BCUT2D eigenvalue weighted by Crippen LogP contribution is -2.15. The minimum atomic E-state index is -2.23. The summed E-state index contributed by atoms with van der Waals surface area (Å²) in [5, 5.41) is 0.147. The highest BCUT2D eigenvalue weighted by atomic mass is 35.5. The molecule has 0 saturated heterocycles. The number of esters is 1. The van der Waals surface area contributed by atoms with E-state index in [0.29, 0.717) is 0 Å². The van der Waals surface area contributed by atoms with Crippen molar-refractivity contribution in [3.05, 3.63) is 22.2 Å². The highest BCUT2D eigenvalue weighted by Crippen LogP contribution is 2.36. The number of ether oxygens (including phenoxy) is 1. The Hall–Kier alpha value is -0.820. The number of hydrogen-bond acceptors (Lipinski definition) is 3. The third-order valence-electron chi connectivity index (χ3n) is 1.88. The number of carbonyl (C=O) groups excluding carboxylic acids is 1. The van der Waals surface area contributed by atoms with Crippen LogP contribution in [0.2, 0.25) is 10.0 Å². The molecule has 0 spiro atoms. The fraction of sp³-hybridized carbons (Fsp3) is 0.300. The van der Waals surface area contributed by atoms with Gasteiger partial charge in [-0.05, 0) is 12.1 Å². The zero-order chi connectivity index (χ0) is 13.9. The van der Waals surface area contributed by atoms with E-state index in [1.807, 2.05) is 0 Å². The Morgan fingerprint density at radius 3 is 2.28 bits per heavy atom. The van der Waals surface area contributed by atoms with Gasteiger partial charge in [0.05, 0.1) is 21.7 Å². The summed E-state index contributed by atoms with van der Waals surface area (Å²) in [6.07, 6.45) is 0. The van der Waals surface area contributed by atoms with Crippen molar-refractivity contribution >= 4 is 46.1 Å². The summed E-state index contributed by atoms with van der Waals surface area (Å²) in [6.45, 7) is 3.35. The maximum atomic E-state index is 11.4. The second-order valence-corrected chi connectivity index (χ2v) is 5.21. The maximum absolute atomic E-state index is 11.4. The van der Waals surface area contributed by atoms with Crippen LogP contribution in [0.1, 0.15) is 13.8 Å². The van der Waals surface area contributed by atoms with E-state index in [1.54, 1.807) is 13.8 Å². The van der Waals surface area contributed by atoms with Crippen molar-refractivity contribution in [3.8, 4) is 5.75 Å². The minimum absolute atomic E-state index is 0.0336. The Bertz CT molecular complexity index is 470. The monoisotopic (exact) mass is 311 g/mol. The van der Waals surface area contributed by atoms with Crippen molar-refractivity contribution in [2.75, 3.05) is 4.72 Å². The van der Waals surface area contributed by atoms with Gasteiger partial charge >= 0.3 is 5.97 Å². The summed E-state index contributed by atoms with van der Waals surface area (Å²) < 4.78 is 26.5. The van der Waals surface area contributed by atoms with Gasteiger partial charge in [-0.1, -0.05) is 37.0 Å². The van der Waals surface area contributed by atoms with Gasteiger partial charge in [0.15, 0.2) is 5.75 Å². The molecule has 0 aromatic heterocycles. The molecule has 1 unspecified atom stereocenters. The van der Waals surface area contributed by atoms with Gasteiger partial charge in [-0.25, -0.2) is 4.21 Å². The van der Waals surface area contributed by atoms with E-state index in [4.69, 9.17) is 32.5 Å². The lowest BCUT2D eigenvalue weighted by Gasteiger charge is -2.11. The average molecular weight is 312 g/mol. The van der Waals surface area contributed by atoms with Crippen LogP contribution in [-0.2, 0) is 16.1 Å². The molecule has 18 heavy (non-hydrogen) atoms. The fourth-order valence-corrected chi connectivity index (χ4v) is 1.92. The van der Waals surface area contributed by atoms with Gasteiger partial charge in [0.2, 0.25) is 0 Å². The molecule has 0 saturated carbocycles. The van der Waals surface area contributed by atoms with Crippen LogP contribution in [0.15, 0.2) is 12.1 Å². The molecule has 0 aliphatic heterocycles. The molecule has 1 aromatic rings. The number of anilines is 1. The van der Waals surface area contributed by atoms with Crippen LogP contribution in [0.25, 0.3) is 0 Å². The number of nitrogens with one attached hydrogen (secondary N) is 1. The molecule has 0 aliphatic rings. The predicted molar refractivity (Wildman–Crippen MR) is 71.3 cm³/mol. The molecule has 0 fully saturated rings. The summed E-state index contributed by atoms with van der Waals surface area (Å²) in [5.41, 5.74) is 0.246. The number of carbonyl (C=O) groups is 1. The fourth-order valence-electron chi connectivity index (χ4n) is 1.04. The van der Waals surface area contributed by atoms with Crippen LogP contribution in [0.3, 0.4) is 0 Å². The molecular weight excluding hydrogens is 301 g/mol. The number of rotatable bonds is 4. The summed E-state index contributed by atoms with van der Waals surface area (Å²) in [4.78, 5) is 11.4. The Balaban J connectivity index is 3.01. The third kappa shape index (κ3) is 4.13. The first-order valence-corrected chi connectivity index (χ1v) is 6.75. The quantitative estimate of drug-likeness (QED) is 0.509. The predicted octanol–water partition coefficient (Wildman–Crippen LogP) is 3.10. The molecule has 100 valence electrons. The minimum Gasteiger partial charge on any atom is -0.423 e. The van der Waals surface area contributed by atoms with Crippen molar-refractivity contribution in [2.24, 2.45) is 5.92 Å². The number of halogens is 2. The van der Waals surface area contributed by atoms with Crippen LogP contribution in [0.4, 0.5) is 5.69 Å². The third-order valence-corrected chi connectivity index (χ3v) is 2.85. The second kappa shape index (κ2) is 6.38. The van der Waals surface area contributed by atoms with Crippen LogP contribution < -0.4 is 9.46 Å². The number of hydrogen-bond donors (Lipinski definition) is 2. The molecule has 2 N–H and O–H groups in total. The van der Waals surface area contributed by atoms with Crippen molar-refractivity contribution in [3.63, 3.8) is 0 Å². The summed E-state index contributed by atoms with van der Waals surface area (Å²) in [5.74, 6) is -0.753. The van der Waals surface area contributed by atoms with Gasteiger partial charge in [0.25, 0.3) is 11.3 Å². The standard InChI is InChI=1S/C10H11Cl2NO4S/c1-5(2)10(14)17-9-7(11)3-6(4-8(9)12)13-18(15)16/h3-5,13H,1-2H3,(H,15,16). The smallest absolute Gasteiger partial charge is 0.313 e. The van der Waals surface area contributed by atoms with E-state index in [1.165, 1.54) is 12.1 Å². The zero-order valence-corrected chi connectivity index (χ0v) is 11.9. The second-order valence-electron chi connectivity index (χ2n) is 3.70. The normalized spacial score (nSPS) is 12.3. The molecule has 0 radical (unpaired) electrons. The first-order chi connectivity index (χ1) is 8.31. The first kappa shape index (κ1) is 15.2. The van der Waals surface area contributed by atoms with Gasteiger partial charge in [0.1, 0.15) is 0 Å². The molecular formula is C10H11Cl2NO4S. The van der Waals surface area contributed by atoms with Crippen molar-refractivity contribution in [1.82, 2.24) is 0 Å². The van der Waals surface area contributed by atoms with Crippen LogP contribution in [0, 0.1) is 5.92 Å². The molecule has 8 heteroatoms. The molecule has 1 aromatic carbocycles. The van der Waals surface area contributed by atoms with Gasteiger partial charge in [-0.15, -0.1) is 0 Å². The Kier molecular flexibility index (Phi) is 5.40. The maximum Gasteiger partial charge on any atom is 0.313 e. The van der Waals surface area contributed by atoms with Crippen LogP contribution in [-0.4, -0.2) is 14.7 Å². The lowest BCUT2D eigenvalue weighted by molar-refractivity contribution is -0.137. The molecule has 0 bridgehead atoms. The van der Waals surface area contributed by atoms with E-state index in [9.17, 15) is 9.00 Å². The Morgan fingerprint density at radius 2 is 1.89 bits per heavy atom. The average Bonchev–Trinajstić information content (AvgIpc) is 2.21. The molecule has 0 amide bonds. The molecule has 5 nitrogen and oxygen atoms in total. The van der Waals surface area contributed by atoms with E-state index >= 15 is 0 Å². The highest BCUT2D eigenvalue weighted by Gasteiger charge is 2.16. The van der Waals surface area contributed by atoms with E-state index in [-0.39, 0.29) is 27.4 Å². The largest absolute Gasteiger partial charge is 0.423 e. The summed E-state index contributed by atoms with van der Waals surface area (Å²) in [6, 6.07) is 2.68. The molecule has 0 aliphatic carbocycles. The van der Waals surface area contributed by atoms with Gasteiger partial charge in [-0.3, -0.25) is 14.1 Å². The molecule has 1 rings (SSSR count).